The summed E-state index contributed by atoms with van der Waals surface area (Å²) in [5, 5.41) is 9.17. The van der Waals surface area contributed by atoms with Gasteiger partial charge in [0.2, 0.25) is 11.9 Å². The van der Waals surface area contributed by atoms with Crippen LogP contribution in [0.15, 0.2) is 24.3 Å². The maximum atomic E-state index is 11.2. The first-order valence-electron chi connectivity index (χ1n) is 9.12. The number of rotatable bonds is 5. The number of morpholine rings is 2. The molecule has 0 spiro atoms. The lowest BCUT2D eigenvalue weighted by atomic mass is 10.2. The van der Waals surface area contributed by atoms with E-state index in [9.17, 15) is 9.90 Å². The summed E-state index contributed by atoms with van der Waals surface area (Å²) in [6.45, 7) is 5.15. The predicted molar refractivity (Wildman–Crippen MR) is 99.4 cm³/mol. The average molecular weight is 387 g/mol. The molecule has 0 radical (unpaired) electrons. The van der Waals surface area contributed by atoms with Crippen molar-refractivity contribution in [3.8, 4) is 11.8 Å². The number of carbonyl (C=O) groups is 1. The molecule has 0 atom stereocenters. The third-order valence-corrected chi connectivity index (χ3v) is 4.47. The summed E-state index contributed by atoms with van der Waals surface area (Å²) >= 11 is 0. The van der Waals surface area contributed by atoms with Gasteiger partial charge in [-0.2, -0.15) is 15.0 Å². The van der Waals surface area contributed by atoms with Gasteiger partial charge in [-0.25, -0.2) is 4.79 Å². The zero-order chi connectivity index (χ0) is 19.3. The average Bonchev–Trinajstić information content (AvgIpc) is 2.75. The molecule has 28 heavy (non-hydrogen) atoms. The molecule has 0 bridgehead atoms. The molecule has 1 N–H and O–H groups in total. The molecule has 2 fully saturated rings. The van der Waals surface area contributed by atoms with E-state index in [1.807, 2.05) is 9.80 Å². The highest BCUT2D eigenvalue weighted by molar-refractivity contribution is 5.88. The molecule has 2 saturated heterocycles. The quantitative estimate of drug-likeness (QED) is 0.799. The molecule has 0 aliphatic carbocycles. The van der Waals surface area contributed by atoms with E-state index in [1.54, 1.807) is 12.1 Å². The SMILES string of the molecule is O=C(O)c1cccc(Oc2nc(N3CCOCC3)nc(N3CCOCC3)n2)c1. The molecule has 2 aliphatic rings. The van der Waals surface area contributed by atoms with Gasteiger partial charge in [0.25, 0.3) is 0 Å². The van der Waals surface area contributed by atoms with Crippen LogP contribution in [0, 0.1) is 0 Å². The van der Waals surface area contributed by atoms with Gasteiger partial charge in [0.05, 0.1) is 32.0 Å². The van der Waals surface area contributed by atoms with Crippen LogP contribution < -0.4 is 14.5 Å². The third-order valence-electron chi connectivity index (χ3n) is 4.47. The number of hydrogen-bond acceptors (Lipinski definition) is 9. The van der Waals surface area contributed by atoms with E-state index in [4.69, 9.17) is 14.2 Å². The number of carboxylic acid groups (broad SMARTS) is 1. The summed E-state index contributed by atoms with van der Waals surface area (Å²) in [4.78, 5) is 28.7. The van der Waals surface area contributed by atoms with Crippen molar-refractivity contribution in [2.24, 2.45) is 0 Å². The first-order valence-corrected chi connectivity index (χ1v) is 9.12. The van der Waals surface area contributed by atoms with Crippen molar-refractivity contribution in [3.05, 3.63) is 29.8 Å². The van der Waals surface area contributed by atoms with Gasteiger partial charge in [0, 0.05) is 26.2 Å². The molecule has 2 aliphatic heterocycles. The number of ether oxygens (including phenoxy) is 3. The Bertz CT molecular complexity index is 801. The lowest BCUT2D eigenvalue weighted by Gasteiger charge is -2.30. The standard InChI is InChI=1S/C18H21N5O5/c24-15(25)13-2-1-3-14(12-13)28-18-20-16(22-4-8-26-9-5-22)19-17(21-18)23-6-10-27-11-7-23/h1-3,12H,4-11H2,(H,24,25). The zero-order valence-electron chi connectivity index (χ0n) is 15.3. The molecule has 0 saturated carbocycles. The van der Waals surface area contributed by atoms with E-state index in [0.717, 1.165) is 0 Å². The number of aromatic nitrogens is 3. The fourth-order valence-electron chi connectivity index (χ4n) is 2.99. The Morgan fingerprint density at radius 2 is 1.50 bits per heavy atom. The summed E-state index contributed by atoms with van der Waals surface area (Å²) in [5.74, 6) is 0.365. The minimum absolute atomic E-state index is 0.125. The maximum Gasteiger partial charge on any atom is 0.335 e. The Hall–Kier alpha value is -2.98. The van der Waals surface area contributed by atoms with Crippen molar-refractivity contribution in [1.29, 1.82) is 0 Å². The molecule has 10 heteroatoms. The first kappa shape index (κ1) is 18.4. The molecule has 1 aromatic carbocycles. The number of hydrogen-bond donors (Lipinski definition) is 1. The van der Waals surface area contributed by atoms with Crippen molar-refractivity contribution in [3.63, 3.8) is 0 Å². The van der Waals surface area contributed by atoms with Gasteiger partial charge < -0.3 is 29.1 Å². The van der Waals surface area contributed by atoms with Crippen LogP contribution in [0.25, 0.3) is 0 Å². The number of carboxylic acids is 1. The fraction of sp³-hybridized carbons (Fsp3) is 0.444. The summed E-state index contributed by atoms with van der Waals surface area (Å²) in [7, 11) is 0. The van der Waals surface area contributed by atoms with E-state index in [-0.39, 0.29) is 11.6 Å². The molecular weight excluding hydrogens is 366 g/mol. The zero-order valence-corrected chi connectivity index (χ0v) is 15.3. The number of benzene rings is 1. The summed E-state index contributed by atoms with van der Waals surface area (Å²) in [6.07, 6.45) is 0. The number of nitrogens with zero attached hydrogens (tertiary/aromatic N) is 5. The van der Waals surface area contributed by atoms with Crippen molar-refractivity contribution < 1.29 is 24.1 Å². The smallest absolute Gasteiger partial charge is 0.335 e. The van der Waals surface area contributed by atoms with Crippen LogP contribution in [-0.2, 0) is 9.47 Å². The van der Waals surface area contributed by atoms with Gasteiger partial charge in [-0.3, -0.25) is 0 Å². The molecule has 1 aromatic heterocycles. The van der Waals surface area contributed by atoms with Crippen LogP contribution in [-0.4, -0.2) is 78.6 Å². The Kier molecular flexibility index (Phi) is 5.49. The second-order valence-corrected chi connectivity index (χ2v) is 6.35. The molecule has 0 amide bonds. The van der Waals surface area contributed by atoms with Crippen LogP contribution in [0.5, 0.6) is 11.8 Å². The number of aromatic carboxylic acids is 1. The fourth-order valence-corrected chi connectivity index (χ4v) is 2.99. The molecule has 2 aromatic rings. The molecule has 4 rings (SSSR count). The lowest BCUT2D eigenvalue weighted by Crippen LogP contribution is -2.40. The number of anilines is 2. The topological polar surface area (TPSA) is 110 Å². The van der Waals surface area contributed by atoms with Gasteiger partial charge in [-0.05, 0) is 18.2 Å². The highest BCUT2D eigenvalue weighted by Crippen LogP contribution is 2.24. The third kappa shape index (κ3) is 4.29. The van der Waals surface area contributed by atoms with E-state index in [2.05, 4.69) is 15.0 Å². The minimum atomic E-state index is -1.02. The lowest BCUT2D eigenvalue weighted by molar-refractivity contribution is 0.0696. The van der Waals surface area contributed by atoms with Crippen LogP contribution in [0.1, 0.15) is 10.4 Å². The Labute approximate surface area is 161 Å². The van der Waals surface area contributed by atoms with Gasteiger partial charge in [0.1, 0.15) is 5.75 Å². The molecular formula is C18H21N5O5. The van der Waals surface area contributed by atoms with E-state index >= 15 is 0 Å². The van der Waals surface area contributed by atoms with Crippen molar-refractivity contribution in [2.45, 2.75) is 0 Å². The van der Waals surface area contributed by atoms with Crippen LogP contribution >= 0.6 is 0 Å². The van der Waals surface area contributed by atoms with E-state index in [0.29, 0.717) is 70.3 Å². The Balaban J connectivity index is 1.64. The predicted octanol–water partition coefficient (Wildman–Crippen LogP) is 1.04. The highest BCUT2D eigenvalue weighted by atomic mass is 16.5. The second kappa shape index (κ2) is 8.36. The normalized spacial score (nSPS) is 17.4. The van der Waals surface area contributed by atoms with Gasteiger partial charge in [0.15, 0.2) is 0 Å². The van der Waals surface area contributed by atoms with Crippen molar-refractivity contribution >= 4 is 17.9 Å². The van der Waals surface area contributed by atoms with Gasteiger partial charge in [-0.15, -0.1) is 0 Å². The van der Waals surface area contributed by atoms with Crippen LogP contribution in [0.3, 0.4) is 0 Å². The van der Waals surface area contributed by atoms with Crippen LogP contribution in [0.2, 0.25) is 0 Å². The van der Waals surface area contributed by atoms with Crippen LogP contribution in [0.4, 0.5) is 11.9 Å². The van der Waals surface area contributed by atoms with Gasteiger partial charge in [-0.1, -0.05) is 6.07 Å². The van der Waals surface area contributed by atoms with Crippen molar-refractivity contribution in [1.82, 2.24) is 15.0 Å². The molecule has 0 unspecified atom stereocenters. The molecule has 3 heterocycles. The molecule has 148 valence electrons. The van der Waals surface area contributed by atoms with E-state index in [1.165, 1.54) is 12.1 Å². The maximum absolute atomic E-state index is 11.2. The summed E-state index contributed by atoms with van der Waals surface area (Å²) in [5.41, 5.74) is 0.133. The second-order valence-electron chi connectivity index (χ2n) is 6.35. The van der Waals surface area contributed by atoms with E-state index < -0.39 is 5.97 Å². The largest absolute Gasteiger partial charge is 0.478 e. The first-order chi connectivity index (χ1) is 13.7. The summed E-state index contributed by atoms with van der Waals surface area (Å²) < 4.78 is 16.6. The highest BCUT2D eigenvalue weighted by Gasteiger charge is 2.21. The molecule has 10 nitrogen and oxygen atoms in total. The Morgan fingerprint density at radius 3 is 2.04 bits per heavy atom. The monoisotopic (exact) mass is 387 g/mol. The minimum Gasteiger partial charge on any atom is -0.478 e. The van der Waals surface area contributed by atoms with Gasteiger partial charge >= 0.3 is 12.0 Å². The Morgan fingerprint density at radius 1 is 0.929 bits per heavy atom. The summed E-state index contributed by atoms with van der Waals surface area (Å²) in [6, 6.07) is 6.35. The van der Waals surface area contributed by atoms with Crippen molar-refractivity contribution in [2.75, 3.05) is 62.4 Å².